The molecule has 0 radical (unpaired) electrons. The number of hydrogen-bond donors (Lipinski definition) is 1. The SMILES string of the molecule is COC(=O)c1cc(NC(=O)COC(=O)Cc2ccc(F)cc2)cc(C(=O)OC)c1. The Hall–Kier alpha value is -3.75. The number of nitrogens with one attached hydrogen (secondary N) is 1. The lowest BCUT2D eigenvalue weighted by Crippen LogP contribution is -2.22. The van der Waals surface area contributed by atoms with Gasteiger partial charge in [-0.3, -0.25) is 9.59 Å². The third-order valence-corrected chi connectivity index (χ3v) is 3.68. The Bertz CT molecular complexity index is 891. The van der Waals surface area contributed by atoms with Crippen molar-refractivity contribution in [3.8, 4) is 0 Å². The third-order valence-electron chi connectivity index (χ3n) is 3.68. The molecule has 2 rings (SSSR count). The molecular formula is C20H18FNO7. The largest absolute Gasteiger partial charge is 0.465 e. The lowest BCUT2D eigenvalue weighted by Gasteiger charge is -2.10. The highest BCUT2D eigenvalue weighted by Gasteiger charge is 2.16. The first-order valence-corrected chi connectivity index (χ1v) is 8.34. The second-order valence-electron chi connectivity index (χ2n) is 5.79. The van der Waals surface area contributed by atoms with Gasteiger partial charge in [0.15, 0.2) is 6.61 Å². The summed E-state index contributed by atoms with van der Waals surface area (Å²) in [7, 11) is 2.35. The van der Waals surface area contributed by atoms with Crippen LogP contribution >= 0.6 is 0 Å². The van der Waals surface area contributed by atoms with Gasteiger partial charge in [0.2, 0.25) is 0 Å². The minimum atomic E-state index is -0.711. The van der Waals surface area contributed by atoms with Gasteiger partial charge in [-0.25, -0.2) is 14.0 Å². The molecule has 0 heterocycles. The maximum absolute atomic E-state index is 12.9. The van der Waals surface area contributed by atoms with Crippen molar-refractivity contribution in [2.45, 2.75) is 6.42 Å². The van der Waals surface area contributed by atoms with Crippen LogP contribution in [-0.2, 0) is 30.2 Å². The van der Waals surface area contributed by atoms with Crippen molar-refractivity contribution >= 4 is 29.5 Å². The molecule has 29 heavy (non-hydrogen) atoms. The Morgan fingerprint density at radius 1 is 0.897 bits per heavy atom. The molecule has 152 valence electrons. The van der Waals surface area contributed by atoms with E-state index in [1.165, 1.54) is 56.7 Å². The molecule has 0 aliphatic rings. The van der Waals surface area contributed by atoms with Crippen LogP contribution in [0.3, 0.4) is 0 Å². The highest BCUT2D eigenvalue weighted by molar-refractivity contribution is 6.00. The predicted octanol–water partition coefficient (Wildman–Crippen LogP) is 2.12. The number of anilines is 1. The summed E-state index contributed by atoms with van der Waals surface area (Å²) >= 11 is 0. The molecule has 0 atom stereocenters. The fraction of sp³-hybridized carbons (Fsp3) is 0.200. The minimum Gasteiger partial charge on any atom is -0.465 e. The molecule has 8 nitrogen and oxygen atoms in total. The number of benzene rings is 2. The van der Waals surface area contributed by atoms with Crippen molar-refractivity contribution < 1.29 is 37.8 Å². The average Bonchev–Trinajstić information content (AvgIpc) is 2.72. The molecule has 2 aromatic carbocycles. The Morgan fingerprint density at radius 3 is 1.97 bits per heavy atom. The van der Waals surface area contributed by atoms with E-state index in [0.717, 1.165) is 0 Å². The zero-order valence-corrected chi connectivity index (χ0v) is 15.7. The van der Waals surface area contributed by atoms with Crippen LogP contribution in [-0.4, -0.2) is 44.6 Å². The number of esters is 3. The van der Waals surface area contributed by atoms with E-state index in [0.29, 0.717) is 5.56 Å². The minimum absolute atomic E-state index is 0.0269. The monoisotopic (exact) mass is 403 g/mol. The number of halogens is 1. The highest BCUT2D eigenvalue weighted by atomic mass is 19.1. The molecular weight excluding hydrogens is 385 g/mol. The van der Waals surface area contributed by atoms with Crippen molar-refractivity contribution in [3.63, 3.8) is 0 Å². The highest BCUT2D eigenvalue weighted by Crippen LogP contribution is 2.17. The maximum Gasteiger partial charge on any atom is 0.337 e. The van der Waals surface area contributed by atoms with Crippen LogP contribution in [0.25, 0.3) is 0 Å². The van der Waals surface area contributed by atoms with Crippen molar-refractivity contribution in [2.75, 3.05) is 26.1 Å². The summed E-state index contributed by atoms with van der Waals surface area (Å²) in [6.45, 7) is -0.587. The van der Waals surface area contributed by atoms with Crippen molar-refractivity contribution in [2.24, 2.45) is 0 Å². The summed E-state index contributed by atoms with van der Waals surface area (Å²) in [5.74, 6) is -3.21. The van der Waals surface area contributed by atoms with Crippen LogP contribution in [0.2, 0.25) is 0 Å². The predicted molar refractivity (Wildman–Crippen MR) is 98.8 cm³/mol. The number of methoxy groups -OCH3 is 2. The summed E-state index contributed by atoms with van der Waals surface area (Å²) < 4.78 is 27.0. The van der Waals surface area contributed by atoms with E-state index in [-0.39, 0.29) is 23.2 Å². The molecule has 1 amide bonds. The van der Waals surface area contributed by atoms with E-state index in [2.05, 4.69) is 14.8 Å². The molecule has 0 aromatic heterocycles. The molecule has 0 spiro atoms. The van der Waals surface area contributed by atoms with Crippen LogP contribution in [0.4, 0.5) is 10.1 Å². The molecule has 2 aromatic rings. The summed E-state index contributed by atoms with van der Waals surface area (Å²) in [5, 5.41) is 2.43. The summed E-state index contributed by atoms with van der Waals surface area (Å²) in [4.78, 5) is 47.3. The number of carbonyl (C=O) groups is 4. The second-order valence-corrected chi connectivity index (χ2v) is 5.79. The van der Waals surface area contributed by atoms with Crippen LogP contribution < -0.4 is 5.32 Å². The van der Waals surface area contributed by atoms with Gasteiger partial charge < -0.3 is 19.5 Å². The van der Waals surface area contributed by atoms with E-state index in [1.807, 2.05) is 0 Å². The van der Waals surface area contributed by atoms with Crippen LogP contribution in [0, 0.1) is 5.82 Å². The fourth-order valence-electron chi connectivity index (χ4n) is 2.33. The van der Waals surface area contributed by atoms with Crippen LogP contribution in [0.5, 0.6) is 0 Å². The zero-order valence-electron chi connectivity index (χ0n) is 15.7. The van der Waals surface area contributed by atoms with E-state index >= 15 is 0 Å². The second kappa shape index (κ2) is 9.98. The average molecular weight is 403 g/mol. The summed E-state index contributed by atoms with van der Waals surface area (Å²) in [5.41, 5.74) is 0.705. The Labute approximate surface area is 165 Å². The fourth-order valence-corrected chi connectivity index (χ4v) is 2.33. The number of carbonyl (C=O) groups excluding carboxylic acids is 4. The Morgan fingerprint density at radius 2 is 1.45 bits per heavy atom. The first-order chi connectivity index (χ1) is 13.8. The lowest BCUT2D eigenvalue weighted by molar-refractivity contribution is -0.146. The van der Waals surface area contributed by atoms with Gasteiger partial charge >= 0.3 is 17.9 Å². The van der Waals surface area contributed by atoms with Gasteiger partial charge in [-0.1, -0.05) is 12.1 Å². The Kier molecular flexibility index (Phi) is 7.41. The van der Waals surface area contributed by atoms with E-state index in [4.69, 9.17) is 4.74 Å². The van der Waals surface area contributed by atoms with Crippen molar-refractivity contribution in [3.05, 3.63) is 65.0 Å². The molecule has 0 aliphatic carbocycles. The first kappa shape index (κ1) is 21.5. The van der Waals surface area contributed by atoms with Crippen molar-refractivity contribution in [1.29, 1.82) is 0 Å². The molecule has 0 saturated carbocycles. The van der Waals surface area contributed by atoms with Gasteiger partial charge in [-0.05, 0) is 35.9 Å². The Balaban J connectivity index is 2.00. The summed E-state index contributed by atoms with van der Waals surface area (Å²) in [6.07, 6.45) is -0.127. The van der Waals surface area contributed by atoms with Crippen LogP contribution in [0.15, 0.2) is 42.5 Å². The van der Waals surface area contributed by atoms with E-state index < -0.39 is 36.2 Å². The van der Waals surface area contributed by atoms with Gasteiger partial charge in [0.25, 0.3) is 5.91 Å². The van der Waals surface area contributed by atoms with Gasteiger partial charge in [-0.15, -0.1) is 0 Å². The molecule has 0 fully saturated rings. The van der Waals surface area contributed by atoms with E-state index in [9.17, 15) is 23.6 Å². The van der Waals surface area contributed by atoms with E-state index in [1.54, 1.807) is 0 Å². The molecule has 0 saturated heterocycles. The van der Waals surface area contributed by atoms with Crippen molar-refractivity contribution in [1.82, 2.24) is 0 Å². The van der Waals surface area contributed by atoms with Gasteiger partial charge in [0, 0.05) is 5.69 Å². The topological polar surface area (TPSA) is 108 Å². The molecule has 0 unspecified atom stereocenters. The zero-order chi connectivity index (χ0) is 21.4. The summed E-state index contributed by atoms with van der Waals surface area (Å²) in [6, 6.07) is 9.15. The molecule has 9 heteroatoms. The lowest BCUT2D eigenvalue weighted by atomic mass is 10.1. The molecule has 0 bridgehead atoms. The number of ether oxygens (including phenoxy) is 3. The number of rotatable bonds is 7. The quantitative estimate of drug-likeness (QED) is 0.557. The number of hydrogen-bond acceptors (Lipinski definition) is 7. The first-order valence-electron chi connectivity index (χ1n) is 8.34. The number of amides is 1. The third kappa shape index (κ3) is 6.42. The maximum atomic E-state index is 12.9. The molecule has 0 aliphatic heterocycles. The smallest absolute Gasteiger partial charge is 0.337 e. The van der Waals surface area contributed by atoms with Gasteiger partial charge in [-0.2, -0.15) is 0 Å². The molecule has 1 N–H and O–H groups in total. The van der Waals surface area contributed by atoms with Crippen LogP contribution in [0.1, 0.15) is 26.3 Å². The normalized spacial score (nSPS) is 10.0. The standard InChI is InChI=1S/C20H18FNO7/c1-27-19(25)13-8-14(20(26)28-2)10-16(9-13)22-17(23)11-29-18(24)7-12-3-5-15(21)6-4-12/h3-6,8-10H,7,11H2,1-2H3,(H,22,23). The van der Waals surface area contributed by atoms with Gasteiger partial charge in [0.05, 0.1) is 31.8 Å². The van der Waals surface area contributed by atoms with Gasteiger partial charge in [0.1, 0.15) is 5.82 Å².